The first-order valence-electron chi connectivity index (χ1n) is 3.00. The van der Waals surface area contributed by atoms with Crippen LogP contribution < -0.4 is 5.46 Å². The molecule has 5 N–H and O–H groups in total. The van der Waals surface area contributed by atoms with E-state index < -0.39 is 5.97 Å². The van der Waals surface area contributed by atoms with Gasteiger partial charge in [0.2, 0.25) is 0 Å². The van der Waals surface area contributed by atoms with Crippen molar-refractivity contribution in [3.63, 3.8) is 0 Å². The van der Waals surface area contributed by atoms with Crippen molar-refractivity contribution >= 4 is 19.3 Å². The van der Waals surface area contributed by atoms with Crippen molar-refractivity contribution in [3.8, 4) is 0 Å². The number of carboxylic acid groups (broad SMARTS) is 1. The molecule has 0 saturated carbocycles. The Kier molecular flexibility index (Phi) is 5.91. The van der Waals surface area contributed by atoms with E-state index in [1.165, 1.54) is 0 Å². The minimum Gasteiger partial charge on any atom is -0.478 e. The molecule has 4 nitrogen and oxygen atoms in total. The molecule has 5 heteroatoms. The Labute approximate surface area is 70.9 Å². The second-order valence-electron chi connectivity index (χ2n) is 2.17. The summed E-state index contributed by atoms with van der Waals surface area (Å²) in [5, 5.41) is 8.51. The van der Waals surface area contributed by atoms with Gasteiger partial charge in [-0.05, 0) is 6.07 Å². The third-order valence-corrected chi connectivity index (χ3v) is 1.27. The highest BCUT2D eigenvalue weighted by atomic mass is 16.4. The van der Waals surface area contributed by atoms with Crippen molar-refractivity contribution < 1.29 is 20.9 Å². The van der Waals surface area contributed by atoms with Gasteiger partial charge in [-0.3, -0.25) is 0 Å². The molecule has 0 amide bonds. The Balaban J connectivity index is 0. The molecule has 0 fully saturated rings. The molecule has 1 aromatic rings. The Hall–Kier alpha value is -1.33. The molecule has 0 aliphatic rings. The summed E-state index contributed by atoms with van der Waals surface area (Å²) in [6.07, 6.45) is 0. The average molecular weight is 170 g/mol. The van der Waals surface area contributed by atoms with E-state index in [0.717, 1.165) is 5.46 Å². The lowest BCUT2D eigenvalue weighted by Crippen LogP contribution is -2.05. The van der Waals surface area contributed by atoms with Crippen molar-refractivity contribution in [3.05, 3.63) is 29.8 Å². The van der Waals surface area contributed by atoms with E-state index in [2.05, 4.69) is 0 Å². The minimum atomic E-state index is -0.872. The van der Waals surface area contributed by atoms with Crippen LogP contribution in [0.1, 0.15) is 10.4 Å². The van der Waals surface area contributed by atoms with Crippen LogP contribution >= 0.6 is 0 Å². The van der Waals surface area contributed by atoms with Crippen LogP contribution in [-0.4, -0.2) is 29.9 Å². The molecule has 12 heavy (non-hydrogen) atoms. The van der Waals surface area contributed by atoms with Gasteiger partial charge in [0.15, 0.2) is 0 Å². The van der Waals surface area contributed by atoms with Crippen LogP contribution in [-0.2, 0) is 0 Å². The molecule has 0 atom stereocenters. The van der Waals surface area contributed by atoms with Crippen LogP contribution in [0.15, 0.2) is 24.3 Å². The number of benzene rings is 1. The van der Waals surface area contributed by atoms with Gasteiger partial charge in [-0.15, -0.1) is 0 Å². The van der Waals surface area contributed by atoms with Crippen molar-refractivity contribution in [1.82, 2.24) is 0 Å². The number of aromatic carboxylic acids is 1. The fraction of sp³-hybridized carbons (Fsp3) is 0. The second kappa shape index (κ2) is 5.34. The van der Waals surface area contributed by atoms with Gasteiger partial charge in [-0.25, -0.2) is 4.79 Å². The SMILES string of the molecule is Bc1cccc(C(=O)O)c1.O.O. The first-order chi connectivity index (χ1) is 4.70. The molecule has 0 spiro atoms. The van der Waals surface area contributed by atoms with Crippen LogP contribution in [0, 0.1) is 0 Å². The van der Waals surface area contributed by atoms with E-state index in [1.807, 2.05) is 13.9 Å². The molecular formula is C7H11BO4. The summed E-state index contributed by atoms with van der Waals surface area (Å²) >= 11 is 0. The van der Waals surface area contributed by atoms with Crippen molar-refractivity contribution in [2.24, 2.45) is 0 Å². The Morgan fingerprint density at radius 3 is 2.25 bits per heavy atom. The summed E-state index contributed by atoms with van der Waals surface area (Å²) in [6.45, 7) is 0. The molecule has 66 valence electrons. The molecule has 0 heterocycles. The quantitative estimate of drug-likeness (QED) is 0.492. The molecular weight excluding hydrogens is 159 g/mol. The van der Waals surface area contributed by atoms with Gasteiger partial charge in [-0.2, -0.15) is 0 Å². The maximum absolute atomic E-state index is 10.4. The van der Waals surface area contributed by atoms with E-state index in [-0.39, 0.29) is 11.0 Å². The zero-order chi connectivity index (χ0) is 7.56. The van der Waals surface area contributed by atoms with E-state index in [4.69, 9.17) is 5.11 Å². The molecule has 1 aromatic carbocycles. The van der Waals surface area contributed by atoms with Gasteiger partial charge in [0, 0.05) is 0 Å². The normalized spacial score (nSPS) is 7.67. The van der Waals surface area contributed by atoms with Gasteiger partial charge in [0.1, 0.15) is 7.85 Å². The summed E-state index contributed by atoms with van der Waals surface area (Å²) in [5.74, 6) is -0.872. The highest BCUT2D eigenvalue weighted by Gasteiger charge is 1.99. The maximum atomic E-state index is 10.4. The molecule has 0 aliphatic carbocycles. The van der Waals surface area contributed by atoms with E-state index in [1.54, 1.807) is 18.2 Å². The molecule has 0 unspecified atom stereocenters. The van der Waals surface area contributed by atoms with Gasteiger partial charge < -0.3 is 16.1 Å². The van der Waals surface area contributed by atoms with Gasteiger partial charge in [0.05, 0.1) is 5.56 Å². The second-order valence-corrected chi connectivity index (χ2v) is 2.17. The monoisotopic (exact) mass is 170 g/mol. The predicted octanol–water partition coefficient (Wildman–Crippen LogP) is -2.01. The van der Waals surface area contributed by atoms with Crippen LogP contribution in [0.4, 0.5) is 0 Å². The lowest BCUT2D eigenvalue weighted by atomic mass is 9.95. The third-order valence-electron chi connectivity index (χ3n) is 1.27. The summed E-state index contributed by atoms with van der Waals surface area (Å²) in [4.78, 5) is 10.4. The first kappa shape index (κ1) is 13.3. The van der Waals surface area contributed by atoms with E-state index in [0.29, 0.717) is 5.56 Å². The topological polar surface area (TPSA) is 100 Å². The summed E-state index contributed by atoms with van der Waals surface area (Å²) in [5.41, 5.74) is 1.32. The number of carboxylic acids is 1. The smallest absolute Gasteiger partial charge is 0.335 e. The highest BCUT2D eigenvalue weighted by molar-refractivity contribution is 6.32. The molecule has 0 aromatic heterocycles. The molecule has 0 radical (unpaired) electrons. The predicted molar refractivity (Wildman–Crippen MR) is 48.8 cm³/mol. The fourth-order valence-electron chi connectivity index (χ4n) is 0.778. The Bertz CT molecular complexity index is 261. The highest BCUT2D eigenvalue weighted by Crippen LogP contribution is 1.94. The summed E-state index contributed by atoms with van der Waals surface area (Å²) in [7, 11) is 1.87. The van der Waals surface area contributed by atoms with Crippen molar-refractivity contribution in [2.75, 3.05) is 0 Å². The lowest BCUT2D eigenvalue weighted by Gasteiger charge is -1.93. The Morgan fingerprint density at radius 1 is 1.33 bits per heavy atom. The van der Waals surface area contributed by atoms with Gasteiger partial charge >= 0.3 is 5.97 Å². The number of hydrogen-bond donors (Lipinski definition) is 1. The number of rotatable bonds is 1. The van der Waals surface area contributed by atoms with E-state index >= 15 is 0 Å². The van der Waals surface area contributed by atoms with Crippen LogP contribution in [0.2, 0.25) is 0 Å². The average Bonchev–Trinajstić information content (AvgIpc) is 1.88. The summed E-state index contributed by atoms with van der Waals surface area (Å²) in [6, 6.07) is 6.82. The number of hydrogen-bond acceptors (Lipinski definition) is 1. The number of carbonyl (C=O) groups is 1. The first-order valence-corrected chi connectivity index (χ1v) is 3.00. The van der Waals surface area contributed by atoms with Crippen LogP contribution in [0.25, 0.3) is 0 Å². The summed E-state index contributed by atoms with van der Waals surface area (Å²) < 4.78 is 0. The molecule has 0 aliphatic heterocycles. The van der Waals surface area contributed by atoms with E-state index in [9.17, 15) is 4.79 Å². The standard InChI is InChI=1S/C7H7BO2.2H2O/c8-6-3-1-2-5(4-6)7(9)10;;/h1-4H,8H2,(H,9,10);2*1H2. The molecule has 0 saturated heterocycles. The van der Waals surface area contributed by atoms with Crippen molar-refractivity contribution in [2.45, 2.75) is 0 Å². The largest absolute Gasteiger partial charge is 0.478 e. The molecule has 1 rings (SSSR count). The van der Waals surface area contributed by atoms with Crippen molar-refractivity contribution in [1.29, 1.82) is 0 Å². The fourth-order valence-corrected chi connectivity index (χ4v) is 0.778. The zero-order valence-electron chi connectivity index (χ0n) is 6.66. The third kappa shape index (κ3) is 3.18. The van der Waals surface area contributed by atoms with Gasteiger partial charge in [0.25, 0.3) is 0 Å². The Morgan fingerprint density at radius 2 is 1.92 bits per heavy atom. The van der Waals surface area contributed by atoms with Crippen LogP contribution in [0.5, 0.6) is 0 Å². The minimum absolute atomic E-state index is 0. The maximum Gasteiger partial charge on any atom is 0.335 e. The molecule has 0 bridgehead atoms. The lowest BCUT2D eigenvalue weighted by molar-refractivity contribution is 0.0697. The van der Waals surface area contributed by atoms with Crippen LogP contribution in [0.3, 0.4) is 0 Å². The van der Waals surface area contributed by atoms with Gasteiger partial charge in [-0.1, -0.05) is 23.7 Å². The zero-order valence-corrected chi connectivity index (χ0v) is 6.66.